The zero-order valence-corrected chi connectivity index (χ0v) is 31.3. The quantitative estimate of drug-likeness (QED) is 0.154. The van der Waals surface area contributed by atoms with Gasteiger partial charge in [0.1, 0.15) is 0 Å². The lowest BCUT2D eigenvalue weighted by molar-refractivity contribution is 1.29. The van der Waals surface area contributed by atoms with Crippen molar-refractivity contribution >= 4 is 70.9 Å². The highest BCUT2D eigenvalue weighted by Crippen LogP contribution is 2.43. The second-order valence-corrected chi connectivity index (χ2v) is 14.9. The van der Waals surface area contributed by atoms with Crippen molar-refractivity contribution in [1.82, 2.24) is 0 Å². The summed E-state index contributed by atoms with van der Waals surface area (Å²) >= 11 is 0. The number of benzene rings is 11. The Labute approximate surface area is 332 Å². The minimum Gasteiger partial charge on any atom is -0.310 e. The van der Waals surface area contributed by atoms with E-state index in [4.69, 9.17) is 0 Å². The van der Waals surface area contributed by atoms with Crippen LogP contribution < -0.4 is 4.90 Å². The van der Waals surface area contributed by atoms with E-state index in [9.17, 15) is 0 Å². The predicted octanol–water partition coefficient (Wildman–Crippen LogP) is 15.9. The third-order valence-electron chi connectivity index (χ3n) is 11.6. The van der Waals surface area contributed by atoms with Gasteiger partial charge in [-0.1, -0.05) is 170 Å². The summed E-state index contributed by atoms with van der Waals surface area (Å²) in [4.78, 5) is 2.42. The first-order chi connectivity index (χ1) is 28.2. The van der Waals surface area contributed by atoms with Gasteiger partial charge in [0.25, 0.3) is 0 Å². The molecule has 0 aliphatic rings. The summed E-state index contributed by atoms with van der Waals surface area (Å²) in [5.41, 5.74) is 10.6. The normalized spacial score (nSPS) is 11.5. The highest BCUT2D eigenvalue weighted by atomic mass is 15.1. The average molecular weight is 724 g/mol. The second-order valence-electron chi connectivity index (χ2n) is 14.9. The molecule has 0 N–H and O–H groups in total. The summed E-state index contributed by atoms with van der Waals surface area (Å²) in [5.74, 6) is 0. The van der Waals surface area contributed by atoms with Crippen LogP contribution in [-0.2, 0) is 0 Å². The summed E-state index contributed by atoms with van der Waals surface area (Å²) in [7, 11) is 0. The molecule has 57 heavy (non-hydrogen) atoms. The van der Waals surface area contributed by atoms with Gasteiger partial charge in [-0.2, -0.15) is 0 Å². The summed E-state index contributed by atoms with van der Waals surface area (Å²) in [5, 5.41) is 12.5. The van der Waals surface area contributed by atoms with E-state index in [-0.39, 0.29) is 0 Å². The smallest absolute Gasteiger partial charge is 0.0468 e. The van der Waals surface area contributed by atoms with Crippen LogP contribution in [0.2, 0.25) is 0 Å². The molecule has 0 saturated heterocycles. The van der Waals surface area contributed by atoms with Gasteiger partial charge in [0.2, 0.25) is 0 Å². The Kier molecular flexibility index (Phi) is 7.89. The Bertz CT molecular complexity index is 3140. The van der Waals surface area contributed by atoms with E-state index >= 15 is 0 Å². The molecule has 0 spiro atoms. The molecule has 11 aromatic carbocycles. The largest absolute Gasteiger partial charge is 0.310 e. The van der Waals surface area contributed by atoms with E-state index in [0.717, 1.165) is 17.1 Å². The highest BCUT2D eigenvalue weighted by molar-refractivity contribution is 6.15. The van der Waals surface area contributed by atoms with Crippen molar-refractivity contribution in [1.29, 1.82) is 0 Å². The number of nitrogens with zero attached hydrogens (tertiary/aromatic N) is 1. The lowest BCUT2D eigenvalue weighted by atomic mass is 9.92. The molecule has 11 rings (SSSR count). The van der Waals surface area contributed by atoms with E-state index in [1.54, 1.807) is 0 Å². The maximum Gasteiger partial charge on any atom is 0.0468 e. The SMILES string of the molecule is c1ccc(-c2ccc3cc(N(c4cccc(-c5cc6ccccc6c6ccccc56)c4)c4cccc(-c5cc6ccccc6c6ccccc56)c4)ccc3c2)cc1. The fourth-order valence-electron chi connectivity index (χ4n) is 8.84. The first-order valence-electron chi connectivity index (χ1n) is 19.7. The van der Waals surface area contributed by atoms with Gasteiger partial charge < -0.3 is 4.90 Å². The lowest BCUT2D eigenvalue weighted by Crippen LogP contribution is -2.10. The Morgan fingerprint density at radius 3 is 1.23 bits per heavy atom. The van der Waals surface area contributed by atoms with Crippen LogP contribution in [0.3, 0.4) is 0 Å². The zero-order valence-electron chi connectivity index (χ0n) is 31.3. The van der Waals surface area contributed by atoms with E-state index in [1.807, 2.05) is 0 Å². The monoisotopic (exact) mass is 723 g/mol. The van der Waals surface area contributed by atoms with Crippen LogP contribution >= 0.6 is 0 Å². The van der Waals surface area contributed by atoms with Crippen molar-refractivity contribution in [2.45, 2.75) is 0 Å². The molecule has 11 aromatic rings. The minimum atomic E-state index is 1.10. The van der Waals surface area contributed by atoms with Gasteiger partial charge in [-0.15, -0.1) is 0 Å². The van der Waals surface area contributed by atoms with Crippen molar-refractivity contribution in [3.63, 3.8) is 0 Å². The molecule has 0 aliphatic heterocycles. The number of hydrogen-bond donors (Lipinski definition) is 0. The summed E-state index contributed by atoms with van der Waals surface area (Å²) in [6, 6.07) is 82.2. The number of rotatable bonds is 6. The molecule has 0 fully saturated rings. The van der Waals surface area contributed by atoms with Crippen LogP contribution in [0.15, 0.2) is 224 Å². The molecule has 0 unspecified atom stereocenters. The highest BCUT2D eigenvalue weighted by Gasteiger charge is 2.18. The fraction of sp³-hybridized carbons (Fsp3) is 0. The molecule has 0 saturated carbocycles. The van der Waals surface area contributed by atoms with Gasteiger partial charge in [-0.25, -0.2) is 0 Å². The third-order valence-corrected chi connectivity index (χ3v) is 11.6. The van der Waals surface area contributed by atoms with Crippen LogP contribution in [0.1, 0.15) is 0 Å². The fourth-order valence-corrected chi connectivity index (χ4v) is 8.84. The first kappa shape index (κ1) is 32.9. The summed E-state index contributed by atoms with van der Waals surface area (Å²) in [6.45, 7) is 0. The van der Waals surface area contributed by atoms with Crippen LogP contribution in [0, 0.1) is 0 Å². The van der Waals surface area contributed by atoms with Gasteiger partial charge >= 0.3 is 0 Å². The molecule has 1 nitrogen and oxygen atoms in total. The van der Waals surface area contributed by atoms with Gasteiger partial charge in [0, 0.05) is 17.1 Å². The van der Waals surface area contributed by atoms with Crippen molar-refractivity contribution in [3.8, 4) is 33.4 Å². The molecule has 1 heteroatoms. The Balaban J connectivity index is 1.10. The first-order valence-corrected chi connectivity index (χ1v) is 19.7. The molecule has 0 aromatic heterocycles. The molecule has 0 radical (unpaired) electrons. The third kappa shape index (κ3) is 5.80. The molecule has 0 bridgehead atoms. The number of fused-ring (bicyclic) bond motifs is 7. The minimum absolute atomic E-state index is 1.10. The topological polar surface area (TPSA) is 3.24 Å². The maximum absolute atomic E-state index is 2.42. The van der Waals surface area contributed by atoms with E-state index in [2.05, 4.69) is 229 Å². The van der Waals surface area contributed by atoms with Crippen LogP contribution in [0.5, 0.6) is 0 Å². The Morgan fingerprint density at radius 1 is 0.211 bits per heavy atom. The molecular formula is C56H37N. The molecule has 0 amide bonds. The molecular weight excluding hydrogens is 687 g/mol. The van der Waals surface area contributed by atoms with Crippen molar-refractivity contribution < 1.29 is 0 Å². The Hall–Kier alpha value is -7.48. The van der Waals surface area contributed by atoms with Crippen molar-refractivity contribution in [3.05, 3.63) is 224 Å². The van der Waals surface area contributed by atoms with E-state index in [0.29, 0.717) is 0 Å². The van der Waals surface area contributed by atoms with E-state index in [1.165, 1.54) is 87.2 Å². The average Bonchev–Trinajstić information content (AvgIpc) is 3.29. The van der Waals surface area contributed by atoms with Crippen molar-refractivity contribution in [2.24, 2.45) is 0 Å². The molecule has 0 atom stereocenters. The second kappa shape index (κ2) is 13.7. The number of hydrogen-bond acceptors (Lipinski definition) is 1. The summed E-state index contributed by atoms with van der Waals surface area (Å²) in [6.07, 6.45) is 0. The van der Waals surface area contributed by atoms with Gasteiger partial charge in [0.15, 0.2) is 0 Å². The van der Waals surface area contributed by atoms with Crippen LogP contribution in [0.25, 0.3) is 87.2 Å². The predicted molar refractivity (Wildman–Crippen MR) is 245 cm³/mol. The van der Waals surface area contributed by atoms with Crippen LogP contribution in [-0.4, -0.2) is 0 Å². The van der Waals surface area contributed by atoms with Gasteiger partial charge in [0.05, 0.1) is 0 Å². The standard InChI is InChI=1S/C56H37N/c1-2-14-38(15-3-1)39-28-29-41-33-48(31-30-40(41)32-39)57(46-20-12-18-42(34-46)55-36-44-16-4-6-22-49(44)51-24-8-10-26-53(51)55)47-21-13-19-43(35-47)56-37-45-17-5-7-23-50(45)52-25-9-11-27-54(52)56/h1-37H. The number of anilines is 3. The van der Waals surface area contributed by atoms with Gasteiger partial charge in [-0.3, -0.25) is 0 Å². The van der Waals surface area contributed by atoms with E-state index < -0.39 is 0 Å². The molecule has 266 valence electrons. The van der Waals surface area contributed by atoms with Crippen LogP contribution in [0.4, 0.5) is 17.1 Å². The maximum atomic E-state index is 2.42. The molecule has 0 heterocycles. The zero-order chi connectivity index (χ0) is 37.7. The summed E-state index contributed by atoms with van der Waals surface area (Å²) < 4.78 is 0. The van der Waals surface area contributed by atoms with Crippen molar-refractivity contribution in [2.75, 3.05) is 4.90 Å². The van der Waals surface area contributed by atoms with Gasteiger partial charge in [-0.05, 0) is 142 Å². The Morgan fingerprint density at radius 2 is 0.649 bits per heavy atom. The molecule has 0 aliphatic carbocycles. The lowest BCUT2D eigenvalue weighted by Gasteiger charge is -2.27.